The van der Waals surface area contributed by atoms with E-state index in [1.54, 1.807) is 11.1 Å². The number of carbonyl (C=O) groups excluding carboxylic acids is 1. The summed E-state index contributed by atoms with van der Waals surface area (Å²) < 4.78 is 14.0. The molecule has 1 aliphatic rings. The molecule has 1 fully saturated rings. The molecule has 0 unspecified atom stereocenters. The molecule has 0 atom stereocenters. The first-order valence-electron chi connectivity index (χ1n) is 11.7. The molecule has 5 N–H and O–H groups in total. The zero-order valence-corrected chi connectivity index (χ0v) is 19.3. The van der Waals surface area contributed by atoms with E-state index < -0.39 is 5.82 Å². The van der Waals surface area contributed by atoms with Crippen LogP contribution in [0, 0.1) is 5.82 Å². The molecule has 5 rings (SSSR count). The number of hydrogen-bond acceptors (Lipinski definition) is 5. The van der Waals surface area contributed by atoms with Gasteiger partial charge in [0.15, 0.2) is 17.4 Å². The molecule has 35 heavy (non-hydrogen) atoms. The summed E-state index contributed by atoms with van der Waals surface area (Å²) in [7, 11) is 0. The van der Waals surface area contributed by atoms with Crippen molar-refractivity contribution in [2.24, 2.45) is 0 Å². The molecule has 0 saturated carbocycles. The third kappa shape index (κ3) is 4.57. The maximum atomic E-state index is 14.0. The number of phenolic OH excluding ortho intramolecular Hbond substituents is 1. The summed E-state index contributed by atoms with van der Waals surface area (Å²) in [6, 6.07) is 8.35. The summed E-state index contributed by atoms with van der Waals surface area (Å²) >= 11 is 0. The van der Waals surface area contributed by atoms with Crippen LogP contribution in [0.25, 0.3) is 33.5 Å². The topological polar surface area (TPSA) is 130 Å². The predicted octanol–water partition coefficient (Wildman–Crippen LogP) is 3.69. The van der Waals surface area contributed by atoms with Crippen LogP contribution in [0.3, 0.4) is 0 Å². The van der Waals surface area contributed by atoms with Crippen molar-refractivity contribution in [3.8, 4) is 28.4 Å². The fourth-order valence-corrected chi connectivity index (χ4v) is 4.45. The Morgan fingerprint density at radius 1 is 1.26 bits per heavy atom. The number of aromatic nitrogens is 4. The standard InChI is InChI=1S/C25H27FN6O3/c1-2-14-10-22(34)20(26)11-19(14)15-3-4-18-21(9-15)30-31-23(18)24-27-12-16(29-24)13-28-25(35)32-7-5-17(33)6-8-32/h3-4,9-12,17,33-34H,2,5-8,13H2,1H3,(H,27,29)(H,28,35)(H,30,31). The van der Waals surface area contributed by atoms with E-state index in [1.165, 1.54) is 12.1 Å². The second-order valence-electron chi connectivity index (χ2n) is 8.76. The highest BCUT2D eigenvalue weighted by Crippen LogP contribution is 2.33. The summed E-state index contributed by atoms with van der Waals surface area (Å²) in [6.45, 7) is 3.30. The highest BCUT2D eigenvalue weighted by atomic mass is 19.1. The smallest absolute Gasteiger partial charge is 0.317 e. The summed E-state index contributed by atoms with van der Waals surface area (Å²) in [6.07, 6.45) is 3.24. The number of H-pyrrole nitrogens is 2. The lowest BCUT2D eigenvalue weighted by Gasteiger charge is -2.29. The van der Waals surface area contributed by atoms with Crippen LogP contribution >= 0.6 is 0 Å². The van der Waals surface area contributed by atoms with Gasteiger partial charge in [-0.3, -0.25) is 5.10 Å². The molecule has 1 saturated heterocycles. The number of hydrogen-bond donors (Lipinski definition) is 5. The van der Waals surface area contributed by atoms with Gasteiger partial charge in [0.25, 0.3) is 0 Å². The predicted molar refractivity (Wildman–Crippen MR) is 129 cm³/mol. The number of amides is 2. The zero-order valence-electron chi connectivity index (χ0n) is 19.3. The van der Waals surface area contributed by atoms with Crippen LogP contribution in [0.15, 0.2) is 36.5 Å². The number of benzene rings is 2. The molecular weight excluding hydrogens is 451 g/mol. The van der Waals surface area contributed by atoms with E-state index in [0.29, 0.717) is 49.6 Å². The van der Waals surface area contributed by atoms with Crippen molar-refractivity contribution in [2.75, 3.05) is 13.1 Å². The van der Waals surface area contributed by atoms with Crippen LogP contribution in [0.2, 0.25) is 0 Å². The van der Waals surface area contributed by atoms with Gasteiger partial charge in [-0.2, -0.15) is 5.10 Å². The average Bonchev–Trinajstić information content (AvgIpc) is 3.50. The third-order valence-electron chi connectivity index (χ3n) is 6.46. The van der Waals surface area contributed by atoms with Gasteiger partial charge in [0, 0.05) is 24.7 Å². The number of piperidine rings is 1. The largest absolute Gasteiger partial charge is 0.505 e. The third-order valence-corrected chi connectivity index (χ3v) is 6.46. The van der Waals surface area contributed by atoms with Gasteiger partial charge in [0.05, 0.1) is 23.9 Å². The van der Waals surface area contributed by atoms with Crippen LogP contribution in [-0.2, 0) is 13.0 Å². The van der Waals surface area contributed by atoms with Crippen molar-refractivity contribution < 1.29 is 19.4 Å². The minimum Gasteiger partial charge on any atom is -0.505 e. The van der Waals surface area contributed by atoms with Crippen LogP contribution in [0.4, 0.5) is 9.18 Å². The Morgan fingerprint density at radius 2 is 2.06 bits per heavy atom. The molecule has 4 aromatic rings. The quantitative estimate of drug-likeness (QED) is 0.299. The second kappa shape index (κ2) is 9.38. The zero-order chi connectivity index (χ0) is 24.5. The molecule has 0 bridgehead atoms. The van der Waals surface area contributed by atoms with Gasteiger partial charge in [-0.25, -0.2) is 14.2 Å². The van der Waals surface area contributed by atoms with Gasteiger partial charge in [-0.1, -0.05) is 13.0 Å². The fraction of sp³-hybridized carbons (Fsp3) is 0.320. The van der Waals surface area contributed by atoms with E-state index in [1.807, 2.05) is 25.1 Å². The molecule has 3 heterocycles. The lowest BCUT2D eigenvalue weighted by atomic mass is 9.96. The van der Waals surface area contributed by atoms with E-state index in [9.17, 15) is 19.4 Å². The number of aliphatic hydroxyl groups excluding tert-OH is 1. The van der Waals surface area contributed by atoms with E-state index >= 15 is 0 Å². The molecule has 182 valence electrons. The molecule has 0 spiro atoms. The molecule has 2 aromatic heterocycles. The number of likely N-dealkylation sites (tertiary alicyclic amines) is 1. The van der Waals surface area contributed by atoms with Gasteiger partial charge >= 0.3 is 6.03 Å². The average molecular weight is 479 g/mol. The minimum absolute atomic E-state index is 0.170. The number of aromatic hydroxyl groups is 1. The molecule has 0 radical (unpaired) electrons. The van der Waals surface area contributed by atoms with Crippen molar-refractivity contribution in [1.29, 1.82) is 0 Å². The van der Waals surface area contributed by atoms with E-state index in [2.05, 4.69) is 25.5 Å². The van der Waals surface area contributed by atoms with Gasteiger partial charge in [0.1, 0.15) is 5.69 Å². The number of fused-ring (bicyclic) bond motifs is 1. The summed E-state index contributed by atoms with van der Waals surface area (Å²) in [5, 5.41) is 30.5. The maximum absolute atomic E-state index is 14.0. The van der Waals surface area contributed by atoms with E-state index in [0.717, 1.165) is 27.6 Å². The highest BCUT2D eigenvalue weighted by Gasteiger charge is 2.21. The monoisotopic (exact) mass is 478 g/mol. The van der Waals surface area contributed by atoms with Crippen LogP contribution < -0.4 is 5.32 Å². The Balaban J connectivity index is 1.33. The molecule has 10 heteroatoms. The lowest BCUT2D eigenvalue weighted by molar-refractivity contribution is 0.0935. The van der Waals surface area contributed by atoms with Gasteiger partial charge in [0.2, 0.25) is 0 Å². The molecule has 1 aliphatic heterocycles. The first-order valence-corrected chi connectivity index (χ1v) is 11.7. The van der Waals surface area contributed by atoms with Gasteiger partial charge in [-0.05, 0) is 60.2 Å². The number of rotatable bonds is 5. The number of nitrogens with zero attached hydrogens (tertiary/aromatic N) is 3. The number of urea groups is 1. The van der Waals surface area contributed by atoms with Crippen LogP contribution in [0.1, 0.15) is 31.0 Å². The number of aromatic amines is 2. The molecule has 2 amide bonds. The summed E-state index contributed by atoms with van der Waals surface area (Å²) in [4.78, 5) is 21.8. The Kier molecular flexibility index (Phi) is 6.12. The second-order valence-corrected chi connectivity index (χ2v) is 8.76. The lowest BCUT2D eigenvalue weighted by Crippen LogP contribution is -2.45. The van der Waals surface area contributed by atoms with Crippen molar-refractivity contribution >= 4 is 16.9 Å². The number of phenols is 1. The van der Waals surface area contributed by atoms with Crippen molar-refractivity contribution in [3.63, 3.8) is 0 Å². The summed E-state index contributed by atoms with van der Waals surface area (Å²) in [5.41, 5.74) is 4.47. The van der Waals surface area contributed by atoms with Crippen molar-refractivity contribution in [2.45, 2.75) is 38.8 Å². The van der Waals surface area contributed by atoms with Crippen molar-refractivity contribution in [1.82, 2.24) is 30.4 Å². The SMILES string of the molecule is CCc1cc(O)c(F)cc1-c1ccc2c(-c3nc(CNC(=O)N4CCC(O)CC4)c[nH]3)n[nH]c2c1. The Labute approximate surface area is 201 Å². The minimum atomic E-state index is -0.657. The van der Waals surface area contributed by atoms with Gasteiger partial charge < -0.3 is 25.4 Å². The Morgan fingerprint density at radius 3 is 2.83 bits per heavy atom. The number of nitrogens with one attached hydrogen (secondary N) is 3. The van der Waals surface area contributed by atoms with E-state index in [4.69, 9.17) is 0 Å². The molecular formula is C25H27FN6O3. The maximum Gasteiger partial charge on any atom is 0.317 e. The number of aryl methyl sites for hydroxylation is 1. The fourth-order valence-electron chi connectivity index (χ4n) is 4.45. The number of imidazole rings is 1. The summed E-state index contributed by atoms with van der Waals surface area (Å²) in [5.74, 6) is -0.440. The number of halogens is 1. The number of aliphatic hydroxyl groups is 1. The first-order chi connectivity index (χ1) is 16.9. The van der Waals surface area contributed by atoms with Crippen LogP contribution in [0.5, 0.6) is 5.75 Å². The molecule has 9 nitrogen and oxygen atoms in total. The molecule has 2 aromatic carbocycles. The Hall–Kier alpha value is -3.92. The van der Waals surface area contributed by atoms with Crippen LogP contribution in [-0.4, -0.2) is 60.5 Å². The highest BCUT2D eigenvalue weighted by molar-refractivity contribution is 5.94. The Bertz CT molecular complexity index is 1370. The molecule has 0 aliphatic carbocycles. The van der Waals surface area contributed by atoms with Gasteiger partial charge in [-0.15, -0.1) is 0 Å². The van der Waals surface area contributed by atoms with E-state index in [-0.39, 0.29) is 24.4 Å². The normalized spacial score (nSPS) is 14.5. The van der Waals surface area contributed by atoms with Crippen molar-refractivity contribution in [3.05, 3.63) is 53.6 Å². The number of carbonyl (C=O) groups is 1. The first kappa shape index (κ1) is 22.9.